The lowest BCUT2D eigenvalue weighted by molar-refractivity contribution is 0.119. The van der Waals surface area contributed by atoms with Crippen LogP contribution in [0.4, 0.5) is 0 Å². The minimum absolute atomic E-state index is 0.835. The van der Waals surface area contributed by atoms with Gasteiger partial charge in [-0.1, -0.05) is 0 Å². The van der Waals surface area contributed by atoms with Gasteiger partial charge in [-0.25, -0.2) is 8.37 Å². The molecule has 1 heterocycles. The second kappa shape index (κ2) is 2.38. The van der Waals surface area contributed by atoms with Crippen LogP contribution in [0.1, 0.15) is 0 Å². The van der Waals surface area contributed by atoms with Gasteiger partial charge >= 0.3 is 20.2 Å². The van der Waals surface area contributed by atoms with Crippen LogP contribution in [0, 0.1) is 0 Å². The lowest BCUT2D eigenvalue weighted by Crippen LogP contribution is -2.45. The predicted octanol–water partition coefficient (Wildman–Crippen LogP) is -2.11. The van der Waals surface area contributed by atoms with Crippen LogP contribution in [-0.2, 0) is 28.6 Å². The summed E-state index contributed by atoms with van der Waals surface area (Å²) in [6, 6.07) is 0. The van der Waals surface area contributed by atoms with E-state index in [2.05, 4.69) is 8.37 Å². The Balaban J connectivity index is 3.15. The average molecular weight is 203 g/mol. The molecule has 2 N–H and O–H groups in total. The first-order valence-corrected chi connectivity index (χ1v) is 5.32. The maximum atomic E-state index is 10.6. The zero-order valence-corrected chi connectivity index (χ0v) is 6.76. The van der Waals surface area contributed by atoms with Gasteiger partial charge in [0.1, 0.15) is 0 Å². The first kappa shape index (κ1) is 8.87. The van der Waals surface area contributed by atoms with E-state index >= 15 is 0 Å². The van der Waals surface area contributed by atoms with Crippen molar-refractivity contribution in [3.05, 3.63) is 0 Å². The molecular formula is C2H5NO6S2. The fourth-order valence-corrected chi connectivity index (χ4v) is 2.61. The highest BCUT2D eigenvalue weighted by Gasteiger charge is 2.40. The quantitative estimate of drug-likeness (QED) is 0.448. The zero-order chi connectivity index (χ0) is 8.70. The molecule has 0 unspecified atom stereocenters. The number of hydrogen-bond donors (Lipinski definition) is 1. The molecule has 0 amide bonds. The molecule has 0 aromatic carbocycles. The van der Waals surface area contributed by atoms with Crippen molar-refractivity contribution in [1.82, 2.24) is 0 Å². The smallest absolute Gasteiger partial charge is 0.298 e. The second-order valence-electron chi connectivity index (χ2n) is 1.71. The van der Waals surface area contributed by atoms with E-state index in [4.69, 9.17) is 5.73 Å². The van der Waals surface area contributed by atoms with Crippen LogP contribution in [-0.4, -0.2) is 28.3 Å². The molecule has 1 fully saturated rings. The molecule has 0 saturated carbocycles. The summed E-state index contributed by atoms with van der Waals surface area (Å²) in [4.78, 5) is 0. The topological polar surface area (TPSA) is 113 Å². The third kappa shape index (κ3) is 1.51. The third-order valence-corrected chi connectivity index (χ3v) is 4.40. The van der Waals surface area contributed by atoms with Gasteiger partial charge in [-0.05, 0) is 0 Å². The summed E-state index contributed by atoms with van der Waals surface area (Å²) in [5.41, 5.74) is 4.76. The molecule has 1 saturated heterocycles. The Morgan fingerprint density at radius 1 is 1.09 bits per heavy atom. The highest BCUT2D eigenvalue weighted by Crippen LogP contribution is 2.14. The van der Waals surface area contributed by atoms with E-state index in [1.54, 1.807) is 0 Å². The Kier molecular flexibility index (Phi) is 1.92. The van der Waals surface area contributed by atoms with Gasteiger partial charge in [-0.3, -0.25) is 5.73 Å². The Morgan fingerprint density at radius 2 is 1.45 bits per heavy atom. The fraction of sp³-hybridized carbons (Fsp3) is 1.00. The van der Waals surface area contributed by atoms with Crippen molar-refractivity contribution < 1.29 is 25.2 Å². The average Bonchev–Trinajstić information content (AvgIpc) is 1.82. The normalized spacial score (nSPS) is 29.9. The van der Waals surface area contributed by atoms with Crippen LogP contribution in [0.2, 0.25) is 0 Å². The lowest BCUT2D eigenvalue weighted by Gasteiger charge is -2.17. The monoisotopic (exact) mass is 203 g/mol. The van der Waals surface area contributed by atoms with Crippen molar-refractivity contribution >= 4 is 20.2 Å². The number of hydrogen-bond acceptors (Lipinski definition) is 7. The van der Waals surface area contributed by atoms with E-state index in [1.807, 2.05) is 0 Å². The lowest BCUT2D eigenvalue weighted by atomic mass is 11.5. The van der Waals surface area contributed by atoms with Crippen molar-refractivity contribution in [3.8, 4) is 0 Å². The van der Waals surface area contributed by atoms with E-state index in [0.29, 0.717) is 0 Å². The van der Waals surface area contributed by atoms with Gasteiger partial charge in [0.15, 0.2) is 6.79 Å². The van der Waals surface area contributed by atoms with Crippen LogP contribution >= 0.6 is 0 Å². The van der Waals surface area contributed by atoms with Gasteiger partial charge in [-0.2, -0.15) is 16.8 Å². The van der Waals surface area contributed by atoms with Crippen LogP contribution in [0.15, 0.2) is 0 Å². The van der Waals surface area contributed by atoms with Gasteiger partial charge in [0.25, 0.3) is 4.71 Å². The summed E-state index contributed by atoms with van der Waals surface area (Å²) in [7, 11) is -8.41. The molecule has 0 radical (unpaired) electrons. The Bertz CT molecular complexity index is 305. The third-order valence-electron chi connectivity index (χ3n) is 0.994. The number of rotatable bonds is 0. The van der Waals surface area contributed by atoms with E-state index in [1.165, 1.54) is 0 Å². The largest absolute Gasteiger partial charge is 0.303 e. The maximum Gasteiger partial charge on any atom is 0.303 e. The molecule has 11 heavy (non-hydrogen) atoms. The maximum absolute atomic E-state index is 10.6. The molecule has 66 valence electrons. The van der Waals surface area contributed by atoms with Crippen molar-refractivity contribution in [2.45, 2.75) is 4.71 Å². The van der Waals surface area contributed by atoms with Crippen molar-refractivity contribution in [1.29, 1.82) is 0 Å². The molecule has 0 atom stereocenters. The zero-order valence-electron chi connectivity index (χ0n) is 5.13. The molecule has 9 heteroatoms. The Hall–Kier alpha value is -0.220. The molecule has 0 bridgehead atoms. The van der Waals surface area contributed by atoms with Crippen LogP contribution in [0.25, 0.3) is 0 Å². The van der Waals surface area contributed by atoms with Gasteiger partial charge in [0.2, 0.25) is 0 Å². The van der Waals surface area contributed by atoms with Crippen LogP contribution < -0.4 is 5.73 Å². The summed E-state index contributed by atoms with van der Waals surface area (Å²) < 4.78 is 48.1. The second-order valence-corrected chi connectivity index (χ2v) is 5.46. The minimum Gasteiger partial charge on any atom is -0.298 e. The molecule has 7 nitrogen and oxygen atoms in total. The standard InChI is InChI=1S/C2H5NO6S2/c3-2-10(4,5)8-1-9-11(2,6)7/h2H,1,3H2. The first-order valence-electron chi connectivity index (χ1n) is 2.38. The molecule has 1 rings (SSSR count). The van der Waals surface area contributed by atoms with E-state index in [-0.39, 0.29) is 0 Å². The first-order chi connectivity index (χ1) is 4.86. The Morgan fingerprint density at radius 3 is 1.73 bits per heavy atom. The summed E-state index contributed by atoms with van der Waals surface area (Å²) >= 11 is 0. The molecule has 0 aromatic rings. The Labute approximate surface area is 63.3 Å². The summed E-state index contributed by atoms with van der Waals surface area (Å²) in [6.45, 7) is -0.835. The van der Waals surface area contributed by atoms with E-state index < -0.39 is 31.7 Å². The summed E-state index contributed by atoms with van der Waals surface area (Å²) in [6.07, 6.45) is 0. The van der Waals surface area contributed by atoms with Crippen molar-refractivity contribution in [3.63, 3.8) is 0 Å². The van der Waals surface area contributed by atoms with Crippen molar-refractivity contribution in [2.75, 3.05) is 6.79 Å². The SMILES string of the molecule is NC1S(=O)(=O)OCOS1(=O)=O. The molecular weight excluding hydrogens is 198 g/mol. The molecule has 0 aromatic heterocycles. The highest BCUT2D eigenvalue weighted by molar-refractivity contribution is 8.05. The summed E-state index contributed by atoms with van der Waals surface area (Å²) in [5, 5.41) is 0. The highest BCUT2D eigenvalue weighted by atomic mass is 32.3. The van der Waals surface area contributed by atoms with E-state index in [0.717, 1.165) is 0 Å². The molecule has 0 spiro atoms. The van der Waals surface area contributed by atoms with Gasteiger partial charge in [0, 0.05) is 0 Å². The molecule has 1 aliphatic heterocycles. The van der Waals surface area contributed by atoms with Gasteiger partial charge in [0.05, 0.1) is 0 Å². The molecule has 1 aliphatic rings. The fourth-order valence-electron chi connectivity index (χ4n) is 0.432. The summed E-state index contributed by atoms with van der Waals surface area (Å²) in [5.74, 6) is 0. The van der Waals surface area contributed by atoms with Crippen LogP contribution in [0.5, 0.6) is 0 Å². The van der Waals surface area contributed by atoms with Crippen LogP contribution in [0.3, 0.4) is 0 Å². The van der Waals surface area contributed by atoms with E-state index in [9.17, 15) is 16.8 Å². The number of nitrogens with two attached hydrogens (primary N) is 1. The van der Waals surface area contributed by atoms with Gasteiger partial charge in [-0.15, -0.1) is 0 Å². The van der Waals surface area contributed by atoms with Crippen molar-refractivity contribution in [2.24, 2.45) is 5.73 Å². The van der Waals surface area contributed by atoms with Gasteiger partial charge < -0.3 is 0 Å². The molecule has 0 aliphatic carbocycles. The minimum atomic E-state index is -4.20. The predicted molar refractivity (Wildman–Crippen MR) is 32.9 cm³/mol.